The van der Waals surface area contributed by atoms with Gasteiger partial charge in [0, 0.05) is 37.3 Å². The minimum absolute atomic E-state index is 0. The van der Waals surface area contributed by atoms with E-state index in [4.69, 9.17) is 16.9 Å². The van der Waals surface area contributed by atoms with E-state index >= 15 is 0 Å². The number of nitro benzene ring substituents is 1. The smallest absolute Gasteiger partial charge is 0.326 e. The quantitative estimate of drug-likeness (QED) is 0.0521. The van der Waals surface area contributed by atoms with Crippen LogP contribution in [0.15, 0.2) is 24.3 Å². The number of carbonyl (C=O) groups excluding carboxylic acids is 3. The third kappa shape index (κ3) is 9.72. The van der Waals surface area contributed by atoms with E-state index in [1.165, 1.54) is 29.2 Å². The van der Waals surface area contributed by atoms with E-state index in [2.05, 4.69) is 16.0 Å². The fraction of sp³-hybridized carbons (Fsp3) is 0.500. The lowest BCUT2D eigenvalue weighted by Crippen LogP contribution is -2.54. The van der Waals surface area contributed by atoms with Gasteiger partial charge in [0.15, 0.2) is 5.96 Å². The summed E-state index contributed by atoms with van der Waals surface area (Å²) >= 11 is 0. The standard InChI is InChI=1S/C16H26N6O5.C6H6N2O2.ClH/c17-16(18)19-7-1-3-10(15(26)27)21-13(24)11-4-2-8-22(11)14(25)9-5-6-12(23)20-9;7-5-1-3-6(4-2-5)8(9)10;/h9-11H,1-8H2,(H,20,23)(H,21,24)(H,26,27)(H4,17,18,19);1-4H,7H2;1H/t9-,10?,11-;;/m0../s1. The van der Waals surface area contributed by atoms with Gasteiger partial charge in [-0.1, -0.05) is 0 Å². The summed E-state index contributed by atoms with van der Waals surface area (Å²) in [6, 6.07) is 3.31. The number of non-ortho nitro benzene ring substituents is 1. The average molecular weight is 557 g/mol. The molecule has 2 heterocycles. The van der Waals surface area contributed by atoms with Crippen LogP contribution in [-0.2, 0) is 19.2 Å². The molecule has 1 aromatic carbocycles. The second-order valence-electron chi connectivity index (χ2n) is 8.58. The molecule has 3 amide bonds. The Bertz CT molecular complexity index is 1020. The number of rotatable bonds is 9. The highest BCUT2D eigenvalue weighted by Gasteiger charge is 2.40. The van der Waals surface area contributed by atoms with Crippen molar-refractivity contribution in [3.05, 3.63) is 34.4 Å². The van der Waals surface area contributed by atoms with E-state index in [0.29, 0.717) is 44.5 Å². The number of amides is 3. The monoisotopic (exact) mass is 556 g/mol. The van der Waals surface area contributed by atoms with Gasteiger partial charge < -0.3 is 37.4 Å². The number of nitro groups is 1. The summed E-state index contributed by atoms with van der Waals surface area (Å²) in [5.74, 6) is -2.35. The maximum atomic E-state index is 12.6. The van der Waals surface area contributed by atoms with Gasteiger partial charge in [-0.3, -0.25) is 29.9 Å². The molecule has 2 aliphatic heterocycles. The zero-order chi connectivity index (χ0) is 27.5. The minimum Gasteiger partial charge on any atom is -0.480 e. The van der Waals surface area contributed by atoms with Crippen molar-refractivity contribution in [2.75, 3.05) is 18.8 Å². The number of guanidine groups is 1. The summed E-state index contributed by atoms with van der Waals surface area (Å²) in [4.78, 5) is 58.9. The first-order chi connectivity index (χ1) is 17.5. The highest BCUT2D eigenvalue weighted by Crippen LogP contribution is 2.21. The number of anilines is 1. The maximum absolute atomic E-state index is 12.6. The van der Waals surface area contributed by atoms with Gasteiger partial charge >= 0.3 is 5.97 Å². The van der Waals surface area contributed by atoms with E-state index in [0.717, 1.165) is 0 Å². The number of aliphatic carboxylic acids is 1. The molecule has 15 nitrogen and oxygen atoms in total. The van der Waals surface area contributed by atoms with Gasteiger partial charge in [0.05, 0.1) is 4.92 Å². The zero-order valence-corrected chi connectivity index (χ0v) is 21.4. The molecule has 3 rings (SSSR count). The minimum atomic E-state index is -1.16. The first-order valence-corrected chi connectivity index (χ1v) is 11.7. The number of nitrogens with zero attached hydrogens (tertiary/aromatic N) is 2. The fourth-order valence-electron chi connectivity index (χ4n) is 3.95. The lowest BCUT2D eigenvalue weighted by atomic mass is 10.1. The first-order valence-electron chi connectivity index (χ1n) is 11.7. The summed E-state index contributed by atoms with van der Waals surface area (Å²) in [6.45, 7) is 0.730. The van der Waals surface area contributed by atoms with Gasteiger partial charge in [-0.05, 0) is 44.2 Å². The summed E-state index contributed by atoms with van der Waals surface area (Å²) in [7, 11) is 0. The predicted molar refractivity (Wildman–Crippen MR) is 139 cm³/mol. The molecule has 1 aromatic rings. The normalized spacial score (nSPS) is 18.6. The highest BCUT2D eigenvalue weighted by molar-refractivity contribution is 5.95. The van der Waals surface area contributed by atoms with Crippen LogP contribution in [-0.4, -0.2) is 75.8 Å². The van der Waals surface area contributed by atoms with Crippen LogP contribution in [0.25, 0.3) is 0 Å². The molecular weight excluding hydrogens is 524 g/mol. The highest BCUT2D eigenvalue weighted by atomic mass is 35.5. The molecule has 0 saturated carbocycles. The number of carboxylic acid groups (broad SMARTS) is 1. The van der Waals surface area contributed by atoms with E-state index in [9.17, 15) is 34.4 Å². The van der Waals surface area contributed by atoms with Gasteiger partial charge in [0.1, 0.15) is 18.1 Å². The van der Waals surface area contributed by atoms with Gasteiger partial charge in [0.25, 0.3) is 5.69 Å². The van der Waals surface area contributed by atoms with Gasteiger partial charge in [0.2, 0.25) is 17.7 Å². The van der Waals surface area contributed by atoms with E-state index < -0.39 is 34.9 Å². The van der Waals surface area contributed by atoms with Crippen molar-refractivity contribution < 1.29 is 29.2 Å². The number of nitrogens with one attached hydrogen (secondary N) is 4. The molecule has 38 heavy (non-hydrogen) atoms. The van der Waals surface area contributed by atoms with Crippen LogP contribution < -0.4 is 27.4 Å². The first kappa shape index (κ1) is 31.9. The summed E-state index contributed by atoms with van der Waals surface area (Å²) in [5.41, 5.74) is 11.1. The van der Waals surface area contributed by atoms with Crippen molar-refractivity contribution in [1.82, 2.24) is 20.9 Å². The molecule has 0 spiro atoms. The molecule has 210 valence electrons. The Morgan fingerprint density at radius 1 is 1.26 bits per heavy atom. The third-order valence-electron chi connectivity index (χ3n) is 5.84. The average Bonchev–Trinajstić information content (AvgIpc) is 3.50. The van der Waals surface area contributed by atoms with E-state index in [1.807, 2.05) is 0 Å². The number of carbonyl (C=O) groups is 4. The van der Waals surface area contributed by atoms with Crippen LogP contribution in [0.1, 0.15) is 38.5 Å². The second-order valence-corrected chi connectivity index (χ2v) is 8.58. The largest absolute Gasteiger partial charge is 0.480 e. The molecule has 3 atom stereocenters. The Hall–Kier alpha value is -4.14. The molecule has 1 unspecified atom stereocenters. The molecule has 16 heteroatoms. The van der Waals surface area contributed by atoms with Crippen LogP contribution >= 0.6 is 12.4 Å². The topological polar surface area (TPSA) is 247 Å². The number of nitrogens with two attached hydrogens (primary N) is 2. The van der Waals surface area contributed by atoms with Crippen LogP contribution in [0, 0.1) is 15.5 Å². The van der Waals surface area contributed by atoms with Crippen LogP contribution in [0.2, 0.25) is 0 Å². The van der Waals surface area contributed by atoms with Crippen molar-refractivity contribution in [3.8, 4) is 0 Å². The molecule has 2 fully saturated rings. The number of likely N-dealkylation sites (tertiary alicyclic amines) is 1. The van der Waals surface area contributed by atoms with Gasteiger partial charge in [-0.2, -0.15) is 0 Å². The Kier molecular flexibility index (Phi) is 12.7. The zero-order valence-electron chi connectivity index (χ0n) is 20.6. The second kappa shape index (κ2) is 15.2. The summed E-state index contributed by atoms with van der Waals surface area (Å²) in [6.07, 6.45) is 2.36. The van der Waals surface area contributed by atoms with Crippen LogP contribution in [0.3, 0.4) is 0 Å². The Morgan fingerprint density at radius 2 is 1.92 bits per heavy atom. The number of nitrogen functional groups attached to an aromatic ring is 1. The predicted octanol–water partition coefficient (Wildman–Crippen LogP) is -0.313. The van der Waals surface area contributed by atoms with Crippen molar-refractivity contribution in [2.45, 2.75) is 56.7 Å². The number of halogens is 1. The van der Waals surface area contributed by atoms with Crippen molar-refractivity contribution in [2.24, 2.45) is 5.73 Å². The lowest BCUT2D eigenvalue weighted by molar-refractivity contribution is -0.384. The SMILES string of the molecule is Cl.N=C(N)NCCCC(NC(=O)[C@@H]1CCCN1C(=O)[C@@H]1CCC(=O)N1)C(=O)O.Nc1ccc([N+](=O)[O-])cc1. The molecule has 0 aliphatic carbocycles. The van der Waals surface area contributed by atoms with Gasteiger partial charge in [-0.25, -0.2) is 4.79 Å². The summed E-state index contributed by atoms with van der Waals surface area (Å²) in [5, 5.41) is 34.1. The molecule has 2 saturated heterocycles. The fourth-order valence-corrected chi connectivity index (χ4v) is 3.95. The van der Waals surface area contributed by atoms with Gasteiger partial charge in [-0.15, -0.1) is 12.4 Å². The van der Waals surface area contributed by atoms with E-state index in [-0.39, 0.29) is 48.7 Å². The molecule has 0 aromatic heterocycles. The van der Waals surface area contributed by atoms with Crippen molar-refractivity contribution >= 4 is 53.4 Å². The van der Waals surface area contributed by atoms with Crippen molar-refractivity contribution in [1.29, 1.82) is 5.41 Å². The molecule has 0 radical (unpaired) electrons. The maximum Gasteiger partial charge on any atom is 0.326 e. The third-order valence-corrected chi connectivity index (χ3v) is 5.84. The molecular formula is C22H33ClN8O7. The van der Waals surface area contributed by atoms with E-state index in [1.54, 1.807) is 0 Å². The van der Waals surface area contributed by atoms with Crippen LogP contribution in [0.4, 0.5) is 11.4 Å². The van der Waals surface area contributed by atoms with Crippen molar-refractivity contribution in [3.63, 3.8) is 0 Å². The van der Waals surface area contributed by atoms with Crippen LogP contribution in [0.5, 0.6) is 0 Å². The Morgan fingerprint density at radius 3 is 2.45 bits per heavy atom. The summed E-state index contributed by atoms with van der Waals surface area (Å²) < 4.78 is 0. The Labute approximate surface area is 224 Å². The number of hydrogen-bond acceptors (Lipinski definition) is 8. The molecule has 2 aliphatic rings. The number of benzene rings is 1. The lowest BCUT2D eigenvalue weighted by Gasteiger charge is -2.27. The number of hydrogen-bond donors (Lipinski definition) is 7. The Balaban J connectivity index is 0.000000551. The molecule has 0 bridgehead atoms. The molecule has 9 N–H and O–H groups in total. The number of carboxylic acids is 1.